The number of amides is 1. The standard InChI is InChI=1S/C16H17ClN2O2/c17-15-12-6-2-1-5-11(12)13(8-18-15)16(21)19-14-7-3-4-10(14)9-20/h1-2,5-6,8,10,14,20H,3-4,7,9H2,(H,19,21). The quantitative estimate of drug-likeness (QED) is 0.857. The van der Waals surface area contributed by atoms with Gasteiger partial charge in [0.25, 0.3) is 5.91 Å². The Kier molecular flexibility index (Phi) is 4.08. The van der Waals surface area contributed by atoms with E-state index in [2.05, 4.69) is 10.3 Å². The van der Waals surface area contributed by atoms with Crippen molar-refractivity contribution in [3.8, 4) is 0 Å². The molecule has 0 saturated heterocycles. The number of pyridine rings is 1. The highest BCUT2D eigenvalue weighted by Crippen LogP contribution is 2.27. The van der Waals surface area contributed by atoms with Crippen LogP contribution in [0.25, 0.3) is 10.8 Å². The van der Waals surface area contributed by atoms with Crippen molar-refractivity contribution in [1.82, 2.24) is 10.3 Å². The van der Waals surface area contributed by atoms with E-state index in [4.69, 9.17) is 11.6 Å². The van der Waals surface area contributed by atoms with Crippen molar-refractivity contribution < 1.29 is 9.90 Å². The zero-order valence-corrected chi connectivity index (χ0v) is 12.3. The molecule has 0 bridgehead atoms. The summed E-state index contributed by atoms with van der Waals surface area (Å²) in [6, 6.07) is 7.51. The molecular formula is C16H17ClN2O2. The molecule has 0 spiro atoms. The predicted molar refractivity (Wildman–Crippen MR) is 82.4 cm³/mol. The van der Waals surface area contributed by atoms with Crippen LogP contribution in [0.5, 0.6) is 0 Å². The molecule has 0 radical (unpaired) electrons. The Balaban J connectivity index is 1.90. The molecule has 1 aliphatic carbocycles. The molecule has 1 heterocycles. The summed E-state index contributed by atoms with van der Waals surface area (Å²) in [6.45, 7) is 0.116. The van der Waals surface area contributed by atoms with Crippen LogP contribution in [0.2, 0.25) is 5.15 Å². The maximum atomic E-state index is 12.5. The molecule has 2 aromatic rings. The minimum atomic E-state index is -0.152. The summed E-state index contributed by atoms with van der Waals surface area (Å²) in [6.07, 6.45) is 4.43. The maximum absolute atomic E-state index is 12.5. The Morgan fingerprint density at radius 2 is 2.10 bits per heavy atom. The van der Waals surface area contributed by atoms with E-state index in [0.29, 0.717) is 10.7 Å². The lowest BCUT2D eigenvalue weighted by molar-refractivity contribution is 0.0917. The first-order valence-electron chi connectivity index (χ1n) is 7.15. The number of aliphatic hydroxyl groups is 1. The SMILES string of the molecule is O=C(NC1CCCC1CO)c1cnc(Cl)c2ccccc12. The van der Waals surface area contributed by atoms with Crippen molar-refractivity contribution in [2.45, 2.75) is 25.3 Å². The number of aliphatic hydroxyl groups excluding tert-OH is 1. The van der Waals surface area contributed by atoms with E-state index in [0.717, 1.165) is 30.0 Å². The molecule has 3 rings (SSSR count). The van der Waals surface area contributed by atoms with E-state index < -0.39 is 0 Å². The summed E-state index contributed by atoms with van der Waals surface area (Å²) in [5.41, 5.74) is 0.526. The van der Waals surface area contributed by atoms with E-state index in [1.165, 1.54) is 6.20 Å². The van der Waals surface area contributed by atoms with Gasteiger partial charge in [-0.1, -0.05) is 42.3 Å². The summed E-state index contributed by atoms with van der Waals surface area (Å²) in [5.74, 6) is 0.00110. The number of aromatic nitrogens is 1. The minimum absolute atomic E-state index is 0.0388. The van der Waals surface area contributed by atoms with Crippen molar-refractivity contribution >= 4 is 28.3 Å². The smallest absolute Gasteiger partial charge is 0.253 e. The summed E-state index contributed by atoms with van der Waals surface area (Å²) in [4.78, 5) is 16.6. The Morgan fingerprint density at radius 3 is 2.86 bits per heavy atom. The van der Waals surface area contributed by atoms with Crippen LogP contribution in [0.1, 0.15) is 29.6 Å². The van der Waals surface area contributed by atoms with E-state index in [9.17, 15) is 9.90 Å². The molecule has 1 aromatic carbocycles. The first kappa shape index (κ1) is 14.3. The molecule has 2 atom stereocenters. The Labute approximate surface area is 128 Å². The number of rotatable bonds is 3. The molecule has 0 aliphatic heterocycles. The zero-order valence-electron chi connectivity index (χ0n) is 11.6. The molecule has 4 nitrogen and oxygen atoms in total. The van der Waals surface area contributed by atoms with Gasteiger partial charge in [-0.25, -0.2) is 4.98 Å². The molecule has 1 aliphatic rings. The van der Waals surface area contributed by atoms with E-state index in [1.54, 1.807) is 0 Å². The Morgan fingerprint density at radius 1 is 1.33 bits per heavy atom. The molecule has 1 aromatic heterocycles. The van der Waals surface area contributed by atoms with Gasteiger partial charge in [0, 0.05) is 30.1 Å². The van der Waals surface area contributed by atoms with Crippen LogP contribution in [-0.4, -0.2) is 28.6 Å². The highest BCUT2D eigenvalue weighted by Gasteiger charge is 2.28. The van der Waals surface area contributed by atoms with Crippen LogP contribution in [0, 0.1) is 5.92 Å². The fourth-order valence-electron chi connectivity index (χ4n) is 3.03. The van der Waals surface area contributed by atoms with Crippen LogP contribution in [0.15, 0.2) is 30.5 Å². The molecule has 2 N–H and O–H groups in total. The topological polar surface area (TPSA) is 62.2 Å². The first-order chi connectivity index (χ1) is 10.2. The second kappa shape index (κ2) is 6.00. The van der Waals surface area contributed by atoms with Gasteiger partial charge < -0.3 is 10.4 Å². The van der Waals surface area contributed by atoms with Gasteiger partial charge in [-0.05, 0) is 18.2 Å². The van der Waals surface area contributed by atoms with Crippen LogP contribution in [0.3, 0.4) is 0 Å². The van der Waals surface area contributed by atoms with Crippen LogP contribution < -0.4 is 5.32 Å². The number of carbonyl (C=O) groups excluding carboxylic acids is 1. The van der Waals surface area contributed by atoms with Gasteiger partial charge in [-0.3, -0.25) is 4.79 Å². The van der Waals surface area contributed by atoms with Crippen LogP contribution in [-0.2, 0) is 0 Å². The second-order valence-corrected chi connectivity index (χ2v) is 5.82. The predicted octanol–water partition coefficient (Wildman–Crippen LogP) is 2.78. The van der Waals surface area contributed by atoms with Crippen molar-refractivity contribution in [2.75, 3.05) is 6.61 Å². The maximum Gasteiger partial charge on any atom is 0.253 e. The number of benzene rings is 1. The number of halogens is 1. The third kappa shape index (κ3) is 2.74. The van der Waals surface area contributed by atoms with Crippen molar-refractivity contribution in [1.29, 1.82) is 0 Å². The molecule has 2 unspecified atom stereocenters. The van der Waals surface area contributed by atoms with Gasteiger partial charge >= 0.3 is 0 Å². The third-order valence-electron chi connectivity index (χ3n) is 4.20. The summed E-state index contributed by atoms with van der Waals surface area (Å²) >= 11 is 6.07. The van der Waals surface area contributed by atoms with Gasteiger partial charge in [0.05, 0.1) is 5.56 Å². The van der Waals surface area contributed by atoms with Gasteiger partial charge in [0.2, 0.25) is 0 Å². The number of fused-ring (bicyclic) bond motifs is 1. The summed E-state index contributed by atoms with van der Waals surface area (Å²) in [7, 11) is 0. The number of hydrogen-bond donors (Lipinski definition) is 2. The molecule has 110 valence electrons. The van der Waals surface area contributed by atoms with Crippen LogP contribution >= 0.6 is 11.6 Å². The number of nitrogens with zero attached hydrogens (tertiary/aromatic N) is 1. The Hall–Kier alpha value is -1.65. The lowest BCUT2D eigenvalue weighted by Gasteiger charge is -2.19. The van der Waals surface area contributed by atoms with Crippen molar-refractivity contribution in [3.05, 3.63) is 41.2 Å². The average Bonchev–Trinajstić information content (AvgIpc) is 2.95. The number of carbonyl (C=O) groups is 1. The zero-order chi connectivity index (χ0) is 14.8. The molecule has 1 amide bonds. The van der Waals surface area contributed by atoms with Gasteiger partial charge in [0.15, 0.2) is 0 Å². The lowest BCUT2D eigenvalue weighted by atomic mass is 10.0. The monoisotopic (exact) mass is 304 g/mol. The lowest BCUT2D eigenvalue weighted by Crippen LogP contribution is -2.38. The van der Waals surface area contributed by atoms with Crippen molar-refractivity contribution in [2.24, 2.45) is 5.92 Å². The number of nitrogens with one attached hydrogen (secondary N) is 1. The fourth-order valence-corrected chi connectivity index (χ4v) is 3.24. The molecule has 21 heavy (non-hydrogen) atoms. The van der Waals surface area contributed by atoms with Gasteiger partial charge in [-0.15, -0.1) is 0 Å². The largest absolute Gasteiger partial charge is 0.396 e. The second-order valence-electron chi connectivity index (χ2n) is 5.46. The van der Waals surface area contributed by atoms with E-state index >= 15 is 0 Å². The van der Waals surface area contributed by atoms with Gasteiger partial charge in [0.1, 0.15) is 5.15 Å². The third-order valence-corrected chi connectivity index (χ3v) is 4.50. The van der Waals surface area contributed by atoms with Gasteiger partial charge in [-0.2, -0.15) is 0 Å². The first-order valence-corrected chi connectivity index (χ1v) is 7.53. The summed E-state index contributed by atoms with van der Waals surface area (Å²) < 4.78 is 0. The molecule has 5 heteroatoms. The normalized spacial score (nSPS) is 21.6. The molecule has 1 fully saturated rings. The molecule has 1 saturated carbocycles. The van der Waals surface area contributed by atoms with Crippen LogP contribution in [0.4, 0.5) is 0 Å². The van der Waals surface area contributed by atoms with E-state index in [-0.39, 0.29) is 24.5 Å². The summed E-state index contributed by atoms with van der Waals surface area (Å²) in [5, 5.41) is 14.3. The highest BCUT2D eigenvalue weighted by molar-refractivity contribution is 6.34. The average molecular weight is 305 g/mol. The minimum Gasteiger partial charge on any atom is -0.396 e. The molecular weight excluding hydrogens is 288 g/mol. The van der Waals surface area contributed by atoms with Crippen molar-refractivity contribution in [3.63, 3.8) is 0 Å². The fraction of sp³-hybridized carbons (Fsp3) is 0.375. The Bertz CT molecular complexity index is 674. The van der Waals surface area contributed by atoms with E-state index in [1.807, 2.05) is 24.3 Å². The number of hydrogen-bond acceptors (Lipinski definition) is 3. The highest BCUT2D eigenvalue weighted by atomic mass is 35.5.